The fourth-order valence-electron chi connectivity index (χ4n) is 2.50. The number of rotatable bonds is 2. The molecular weight excluding hydrogens is 271 g/mol. The van der Waals surface area contributed by atoms with Crippen LogP contribution in [-0.4, -0.2) is 12.3 Å². The van der Waals surface area contributed by atoms with Gasteiger partial charge in [0, 0.05) is 29.4 Å². The van der Waals surface area contributed by atoms with E-state index in [1.165, 1.54) is 16.6 Å². The van der Waals surface area contributed by atoms with E-state index in [0.717, 1.165) is 35.7 Å². The molecule has 2 nitrogen and oxygen atoms in total. The number of anilines is 2. The Morgan fingerprint density at radius 2 is 2.10 bits per heavy atom. The van der Waals surface area contributed by atoms with Crippen molar-refractivity contribution < 1.29 is 4.39 Å². The molecule has 0 fully saturated rings. The molecule has 1 aliphatic heterocycles. The van der Waals surface area contributed by atoms with Gasteiger partial charge < -0.3 is 10.6 Å². The summed E-state index contributed by atoms with van der Waals surface area (Å²) in [4.78, 5) is 3.59. The summed E-state index contributed by atoms with van der Waals surface area (Å²) >= 11 is 1.86. The molecule has 2 N–H and O–H groups in total. The average Bonchev–Trinajstić information content (AvgIpc) is 2.42. The standard InChI is InChI=1S/C16H17FN2S/c1-11-8-13(17)3-2-12(11)10-19-6-7-20-16-5-4-14(18)9-15(16)19/h2-5,8-9H,6-7,10,18H2,1H3. The topological polar surface area (TPSA) is 29.3 Å². The van der Waals surface area contributed by atoms with Gasteiger partial charge in [-0.1, -0.05) is 6.07 Å². The zero-order valence-corrected chi connectivity index (χ0v) is 12.2. The monoisotopic (exact) mass is 288 g/mol. The molecule has 1 heterocycles. The number of halogens is 1. The molecule has 2 aromatic carbocycles. The summed E-state index contributed by atoms with van der Waals surface area (Å²) < 4.78 is 13.2. The van der Waals surface area contributed by atoms with E-state index < -0.39 is 0 Å². The summed E-state index contributed by atoms with van der Waals surface area (Å²) in [6, 6.07) is 11.0. The van der Waals surface area contributed by atoms with Gasteiger partial charge in [0.15, 0.2) is 0 Å². The summed E-state index contributed by atoms with van der Waals surface area (Å²) in [6.07, 6.45) is 0. The predicted octanol–water partition coefficient (Wildman–Crippen LogP) is 3.83. The van der Waals surface area contributed by atoms with E-state index in [1.807, 2.05) is 36.9 Å². The number of nitrogens with zero attached hydrogens (tertiary/aromatic N) is 1. The normalized spacial score (nSPS) is 14.2. The summed E-state index contributed by atoms with van der Waals surface area (Å²) in [5.74, 6) is 0.891. The van der Waals surface area contributed by atoms with Crippen molar-refractivity contribution in [3.8, 4) is 0 Å². The van der Waals surface area contributed by atoms with Crippen molar-refractivity contribution in [2.75, 3.05) is 22.9 Å². The lowest BCUT2D eigenvalue weighted by Crippen LogP contribution is -2.29. The molecule has 20 heavy (non-hydrogen) atoms. The second kappa shape index (κ2) is 5.37. The summed E-state index contributed by atoms with van der Waals surface area (Å²) in [7, 11) is 0. The number of nitrogens with two attached hydrogens (primary N) is 1. The van der Waals surface area contributed by atoms with Crippen molar-refractivity contribution in [3.63, 3.8) is 0 Å². The third-order valence-corrected chi connectivity index (χ3v) is 4.65. The number of fused-ring (bicyclic) bond motifs is 1. The number of aryl methyl sites for hydroxylation is 1. The minimum absolute atomic E-state index is 0.176. The molecule has 0 unspecified atom stereocenters. The number of thioether (sulfide) groups is 1. The number of hydrogen-bond acceptors (Lipinski definition) is 3. The Morgan fingerprint density at radius 3 is 2.90 bits per heavy atom. The number of nitrogen functional groups attached to an aromatic ring is 1. The van der Waals surface area contributed by atoms with Gasteiger partial charge in [-0.3, -0.25) is 0 Å². The highest BCUT2D eigenvalue weighted by molar-refractivity contribution is 7.99. The van der Waals surface area contributed by atoms with E-state index in [2.05, 4.69) is 11.0 Å². The molecular formula is C16H17FN2S. The van der Waals surface area contributed by atoms with Gasteiger partial charge in [-0.15, -0.1) is 11.8 Å². The molecule has 0 saturated carbocycles. The summed E-state index contributed by atoms with van der Waals surface area (Å²) in [5.41, 5.74) is 10.0. The molecule has 0 amide bonds. The van der Waals surface area contributed by atoms with Crippen LogP contribution < -0.4 is 10.6 Å². The van der Waals surface area contributed by atoms with Crippen LogP contribution in [0.1, 0.15) is 11.1 Å². The van der Waals surface area contributed by atoms with E-state index in [-0.39, 0.29) is 5.82 Å². The maximum absolute atomic E-state index is 13.2. The van der Waals surface area contributed by atoms with Gasteiger partial charge in [0.05, 0.1) is 5.69 Å². The van der Waals surface area contributed by atoms with Gasteiger partial charge in [-0.2, -0.15) is 0 Å². The molecule has 3 rings (SSSR count). The van der Waals surface area contributed by atoms with Crippen molar-refractivity contribution in [2.45, 2.75) is 18.4 Å². The van der Waals surface area contributed by atoms with Crippen LogP contribution in [0.2, 0.25) is 0 Å². The molecule has 1 aliphatic rings. The number of hydrogen-bond donors (Lipinski definition) is 1. The maximum atomic E-state index is 13.2. The zero-order valence-electron chi connectivity index (χ0n) is 11.4. The predicted molar refractivity (Wildman–Crippen MR) is 83.8 cm³/mol. The van der Waals surface area contributed by atoms with Crippen LogP contribution in [0.15, 0.2) is 41.3 Å². The Bertz CT molecular complexity index is 642. The van der Waals surface area contributed by atoms with Crippen LogP contribution in [-0.2, 0) is 6.54 Å². The Hall–Kier alpha value is -1.68. The highest BCUT2D eigenvalue weighted by Crippen LogP contribution is 2.36. The largest absolute Gasteiger partial charge is 0.399 e. The van der Waals surface area contributed by atoms with Gasteiger partial charge in [0.2, 0.25) is 0 Å². The first-order valence-electron chi connectivity index (χ1n) is 6.66. The molecule has 2 aromatic rings. The second-order valence-corrected chi connectivity index (χ2v) is 6.20. The van der Waals surface area contributed by atoms with Crippen LogP contribution in [0.3, 0.4) is 0 Å². The summed E-state index contributed by atoms with van der Waals surface area (Å²) in [6.45, 7) is 3.73. The van der Waals surface area contributed by atoms with E-state index in [0.29, 0.717) is 0 Å². The first kappa shape index (κ1) is 13.3. The van der Waals surface area contributed by atoms with Crippen LogP contribution >= 0.6 is 11.8 Å². The molecule has 0 radical (unpaired) electrons. The molecule has 0 aromatic heterocycles. The maximum Gasteiger partial charge on any atom is 0.123 e. The molecule has 0 aliphatic carbocycles. The quantitative estimate of drug-likeness (QED) is 0.852. The third kappa shape index (κ3) is 2.61. The van der Waals surface area contributed by atoms with E-state index in [9.17, 15) is 4.39 Å². The van der Waals surface area contributed by atoms with Crippen LogP contribution in [0.25, 0.3) is 0 Å². The van der Waals surface area contributed by atoms with Gasteiger partial charge in [-0.25, -0.2) is 4.39 Å². The summed E-state index contributed by atoms with van der Waals surface area (Å²) in [5, 5.41) is 0. The van der Waals surface area contributed by atoms with Gasteiger partial charge in [0.1, 0.15) is 5.82 Å². The first-order chi connectivity index (χ1) is 9.63. The fourth-order valence-corrected chi connectivity index (χ4v) is 3.53. The van der Waals surface area contributed by atoms with E-state index in [1.54, 1.807) is 6.07 Å². The molecule has 104 valence electrons. The van der Waals surface area contributed by atoms with E-state index in [4.69, 9.17) is 5.73 Å². The Morgan fingerprint density at radius 1 is 1.25 bits per heavy atom. The number of benzene rings is 2. The zero-order chi connectivity index (χ0) is 14.1. The van der Waals surface area contributed by atoms with Gasteiger partial charge in [0.25, 0.3) is 0 Å². The van der Waals surface area contributed by atoms with Crippen molar-refractivity contribution in [2.24, 2.45) is 0 Å². The lowest BCUT2D eigenvalue weighted by Gasteiger charge is -2.31. The lowest BCUT2D eigenvalue weighted by molar-refractivity contribution is 0.625. The minimum atomic E-state index is -0.176. The fraction of sp³-hybridized carbons (Fsp3) is 0.250. The van der Waals surface area contributed by atoms with Crippen molar-refractivity contribution >= 4 is 23.1 Å². The Kier molecular flexibility index (Phi) is 3.57. The smallest absolute Gasteiger partial charge is 0.123 e. The highest BCUT2D eigenvalue weighted by Gasteiger charge is 2.18. The highest BCUT2D eigenvalue weighted by atomic mass is 32.2. The van der Waals surface area contributed by atoms with E-state index >= 15 is 0 Å². The van der Waals surface area contributed by atoms with Crippen LogP contribution in [0, 0.1) is 12.7 Å². The van der Waals surface area contributed by atoms with Gasteiger partial charge in [-0.05, 0) is 48.4 Å². The molecule has 4 heteroatoms. The SMILES string of the molecule is Cc1cc(F)ccc1CN1CCSc2ccc(N)cc21. The van der Waals surface area contributed by atoms with Crippen molar-refractivity contribution in [1.29, 1.82) is 0 Å². The van der Waals surface area contributed by atoms with Crippen molar-refractivity contribution in [3.05, 3.63) is 53.3 Å². The van der Waals surface area contributed by atoms with Crippen LogP contribution in [0.4, 0.5) is 15.8 Å². The van der Waals surface area contributed by atoms with Crippen LogP contribution in [0.5, 0.6) is 0 Å². The molecule has 0 atom stereocenters. The molecule has 0 saturated heterocycles. The molecule has 0 bridgehead atoms. The van der Waals surface area contributed by atoms with Crippen molar-refractivity contribution in [1.82, 2.24) is 0 Å². The second-order valence-electron chi connectivity index (χ2n) is 5.07. The Balaban J connectivity index is 1.91. The molecule has 0 spiro atoms. The van der Waals surface area contributed by atoms with Gasteiger partial charge >= 0.3 is 0 Å². The lowest BCUT2D eigenvalue weighted by atomic mass is 10.1. The first-order valence-corrected chi connectivity index (χ1v) is 7.64. The minimum Gasteiger partial charge on any atom is -0.399 e. The average molecular weight is 288 g/mol. The third-order valence-electron chi connectivity index (χ3n) is 3.61. The Labute approximate surface area is 122 Å².